The molecule has 8 nitrogen and oxygen atoms in total. The van der Waals surface area contributed by atoms with Gasteiger partial charge < -0.3 is 15.0 Å². The molecule has 2 aromatic rings. The lowest BCUT2D eigenvalue weighted by Crippen LogP contribution is -2.50. The van der Waals surface area contributed by atoms with Crippen molar-refractivity contribution in [1.82, 2.24) is 10.2 Å². The molecule has 0 saturated heterocycles. The Balaban J connectivity index is 2.26. The molecule has 0 heterocycles. The van der Waals surface area contributed by atoms with E-state index < -0.39 is 16.1 Å². The predicted molar refractivity (Wildman–Crippen MR) is 148 cm³/mol. The summed E-state index contributed by atoms with van der Waals surface area (Å²) in [4.78, 5) is 28.0. The molecule has 1 N–H and O–H groups in total. The van der Waals surface area contributed by atoms with Crippen LogP contribution in [0.25, 0.3) is 0 Å². The Morgan fingerprint density at radius 3 is 2.30 bits per heavy atom. The number of carbonyl (C=O) groups excluding carboxylic acids is 2. The van der Waals surface area contributed by atoms with Gasteiger partial charge in [-0.25, -0.2) is 8.42 Å². The van der Waals surface area contributed by atoms with Gasteiger partial charge in [-0.15, -0.1) is 0 Å². The molecule has 37 heavy (non-hydrogen) atoms. The van der Waals surface area contributed by atoms with Crippen molar-refractivity contribution in [3.8, 4) is 5.75 Å². The Kier molecular flexibility index (Phi) is 11.7. The number of rotatable bonds is 14. The summed E-state index contributed by atoms with van der Waals surface area (Å²) in [5.41, 5.74) is 1.16. The van der Waals surface area contributed by atoms with Crippen molar-refractivity contribution >= 4 is 39.1 Å². The highest BCUT2D eigenvalue weighted by molar-refractivity contribution is 7.92. The fourth-order valence-electron chi connectivity index (χ4n) is 4.03. The highest BCUT2D eigenvalue weighted by atomic mass is 35.5. The van der Waals surface area contributed by atoms with Gasteiger partial charge in [0, 0.05) is 30.6 Å². The fourth-order valence-corrected chi connectivity index (χ4v) is 5.20. The zero-order valence-electron chi connectivity index (χ0n) is 22.2. The summed E-state index contributed by atoms with van der Waals surface area (Å²) in [5.74, 6) is -0.0305. The van der Waals surface area contributed by atoms with E-state index in [0.29, 0.717) is 29.5 Å². The number of anilines is 1. The van der Waals surface area contributed by atoms with E-state index in [-0.39, 0.29) is 43.8 Å². The first kappa shape index (κ1) is 30.4. The average Bonchev–Trinajstić information content (AvgIpc) is 2.82. The molecule has 2 rings (SSSR count). The number of hydrogen-bond acceptors (Lipinski definition) is 5. The summed E-state index contributed by atoms with van der Waals surface area (Å²) in [6.07, 6.45) is 1.86. The van der Waals surface area contributed by atoms with E-state index in [4.69, 9.17) is 16.3 Å². The van der Waals surface area contributed by atoms with E-state index in [2.05, 4.69) is 5.32 Å². The number of benzene rings is 2. The van der Waals surface area contributed by atoms with Crippen molar-refractivity contribution in [3.63, 3.8) is 0 Å². The molecule has 0 aliphatic carbocycles. The van der Waals surface area contributed by atoms with E-state index >= 15 is 0 Å². The molecule has 0 spiro atoms. The Morgan fingerprint density at radius 2 is 1.70 bits per heavy atom. The average molecular weight is 552 g/mol. The quantitative estimate of drug-likeness (QED) is 0.370. The third kappa shape index (κ3) is 8.93. The number of carbonyl (C=O) groups is 2. The minimum absolute atomic E-state index is 0.0543. The molecule has 0 aromatic heterocycles. The van der Waals surface area contributed by atoms with Crippen LogP contribution in [0.4, 0.5) is 5.69 Å². The van der Waals surface area contributed by atoms with Gasteiger partial charge in [-0.05, 0) is 57.4 Å². The SMILES string of the molecule is CCOc1ccccc1N(CCCC(=O)N(Cc1ccccc1Cl)[C@H](CC)C(=O)NC(C)C)S(C)(=O)=O. The maximum absolute atomic E-state index is 13.5. The van der Waals surface area contributed by atoms with Crippen molar-refractivity contribution in [2.75, 3.05) is 23.7 Å². The number of sulfonamides is 1. The molecule has 0 fully saturated rings. The largest absolute Gasteiger partial charge is 0.492 e. The lowest BCUT2D eigenvalue weighted by Gasteiger charge is -2.32. The summed E-state index contributed by atoms with van der Waals surface area (Å²) in [7, 11) is -3.63. The highest BCUT2D eigenvalue weighted by Gasteiger charge is 2.30. The molecular weight excluding hydrogens is 514 g/mol. The van der Waals surface area contributed by atoms with Crippen LogP contribution in [0.2, 0.25) is 5.02 Å². The van der Waals surface area contributed by atoms with Gasteiger partial charge in [-0.2, -0.15) is 0 Å². The monoisotopic (exact) mass is 551 g/mol. The molecular formula is C27H38ClN3O5S. The van der Waals surface area contributed by atoms with Gasteiger partial charge in [0.15, 0.2) is 0 Å². The van der Waals surface area contributed by atoms with Gasteiger partial charge in [0.1, 0.15) is 11.8 Å². The fraction of sp³-hybridized carbons (Fsp3) is 0.481. The standard InChI is InChI=1S/C27H38ClN3O5S/c1-6-23(27(33)29-20(3)4)30(19-21-13-8-9-14-22(21)28)26(32)17-12-18-31(37(5,34)35)24-15-10-11-16-25(24)36-7-2/h8-11,13-16,20,23H,6-7,12,17-19H2,1-5H3,(H,29,33)/t23-/m1/s1. The highest BCUT2D eigenvalue weighted by Crippen LogP contribution is 2.30. The second-order valence-corrected chi connectivity index (χ2v) is 11.4. The summed E-state index contributed by atoms with van der Waals surface area (Å²) >= 11 is 6.37. The van der Waals surface area contributed by atoms with Gasteiger partial charge in [-0.3, -0.25) is 13.9 Å². The number of amides is 2. The zero-order valence-corrected chi connectivity index (χ0v) is 23.8. The minimum atomic E-state index is -3.63. The van der Waals surface area contributed by atoms with Gasteiger partial charge in [0.2, 0.25) is 21.8 Å². The van der Waals surface area contributed by atoms with Crippen LogP contribution in [0.15, 0.2) is 48.5 Å². The van der Waals surface area contributed by atoms with Gasteiger partial charge in [0.05, 0.1) is 18.6 Å². The first-order valence-electron chi connectivity index (χ1n) is 12.5. The van der Waals surface area contributed by atoms with Crippen molar-refractivity contribution in [2.24, 2.45) is 0 Å². The summed E-state index contributed by atoms with van der Waals surface area (Å²) in [6, 6.07) is 13.4. The van der Waals surface area contributed by atoms with Crippen LogP contribution in [-0.2, 0) is 26.2 Å². The summed E-state index contributed by atoms with van der Waals surface area (Å²) < 4.78 is 32.1. The second-order valence-electron chi connectivity index (χ2n) is 9.04. The van der Waals surface area contributed by atoms with Crippen LogP contribution in [0.3, 0.4) is 0 Å². The lowest BCUT2D eigenvalue weighted by molar-refractivity contribution is -0.141. The van der Waals surface area contributed by atoms with E-state index in [9.17, 15) is 18.0 Å². The van der Waals surface area contributed by atoms with E-state index in [0.717, 1.165) is 11.8 Å². The van der Waals surface area contributed by atoms with E-state index in [1.165, 1.54) is 9.21 Å². The molecule has 204 valence electrons. The number of hydrogen-bond donors (Lipinski definition) is 1. The van der Waals surface area contributed by atoms with Crippen LogP contribution in [-0.4, -0.2) is 56.6 Å². The van der Waals surface area contributed by atoms with Gasteiger partial charge >= 0.3 is 0 Å². The van der Waals surface area contributed by atoms with Gasteiger partial charge in [-0.1, -0.05) is 48.9 Å². The number of para-hydroxylation sites is 2. The Labute approximate surface area is 226 Å². The molecule has 0 unspecified atom stereocenters. The van der Waals surface area contributed by atoms with Crippen LogP contribution in [0.5, 0.6) is 5.75 Å². The maximum atomic E-state index is 13.5. The lowest BCUT2D eigenvalue weighted by atomic mass is 10.1. The van der Waals surface area contributed by atoms with Crippen LogP contribution >= 0.6 is 11.6 Å². The normalized spacial score (nSPS) is 12.2. The van der Waals surface area contributed by atoms with Crippen LogP contribution in [0.1, 0.15) is 52.5 Å². The van der Waals surface area contributed by atoms with Crippen LogP contribution < -0.4 is 14.4 Å². The molecule has 0 saturated carbocycles. The van der Waals surface area contributed by atoms with Crippen molar-refractivity contribution in [3.05, 3.63) is 59.1 Å². The number of halogens is 1. The molecule has 2 aromatic carbocycles. The zero-order chi connectivity index (χ0) is 27.6. The van der Waals surface area contributed by atoms with E-state index in [1.807, 2.05) is 39.8 Å². The molecule has 0 aliphatic heterocycles. The molecule has 1 atom stereocenters. The maximum Gasteiger partial charge on any atom is 0.243 e. The minimum Gasteiger partial charge on any atom is -0.492 e. The smallest absolute Gasteiger partial charge is 0.243 e. The molecule has 0 bridgehead atoms. The Hall–Kier alpha value is -2.78. The number of nitrogens with one attached hydrogen (secondary N) is 1. The third-order valence-corrected chi connectivity index (χ3v) is 7.25. The number of nitrogens with zero attached hydrogens (tertiary/aromatic N) is 2. The molecule has 2 amide bonds. The molecule has 10 heteroatoms. The van der Waals surface area contributed by atoms with Crippen LogP contribution in [0, 0.1) is 0 Å². The predicted octanol–water partition coefficient (Wildman–Crippen LogP) is 4.62. The Bertz CT molecular complexity index is 1160. The Morgan fingerprint density at radius 1 is 1.05 bits per heavy atom. The second kappa shape index (κ2) is 14.2. The van der Waals surface area contributed by atoms with Crippen molar-refractivity contribution in [2.45, 2.75) is 65.6 Å². The van der Waals surface area contributed by atoms with Crippen molar-refractivity contribution in [1.29, 1.82) is 0 Å². The number of ether oxygens (including phenoxy) is 1. The van der Waals surface area contributed by atoms with Gasteiger partial charge in [0.25, 0.3) is 0 Å². The summed E-state index contributed by atoms with van der Waals surface area (Å²) in [5, 5.41) is 3.41. The molecule has 0 aliphatic rings. The summed E-state index contributed by atoms with van der Waals surface area (Å²) in [6.45, 7) is 8.06. The first-order valence-corrected chi connectivity index (χ1v) is 14.7. The first-order chi connectivity index (χ1) is 17.5. The van der Waals surface area contributed by atoms with E-state index in [1.54, 1.807) is 36.4 Å². The molecule has 0 radical (unpaired) electrons. The topological polar surface area (TPSA) is 96.0 Å². The third-order valence-electron chi connectivity index (χ3n) is 5.70. The van der Waals surface area contributed by atoms with Crippen molar-refractivity contribution < 1.29 is 22.7 Å².